The Bertz CT molecular complexity index is 3480. The monoisotopic (exact) mass is 846 g/mol. The summed E-state index contributed by atoms with van der Waals surface area (Å²) >= 11 is 1.81. The molecule has 0 radical (unpaired) electrons. The van der Waals surface area contributed by atoms with Crippen LogP contribution in [0.4, 0.5) is 34.1 Å². The van der Waals surface area contributed by atoms with Crippen LogP contribution < -0.4 is 9.80 Å². The van der Waals surface area contributed by atoms with Gasteiger partial charge < -0.3 is 18.9 Å². The minimum atomic E-state index is 0.951. The summed E-state index contributed by atoms with van der Waals surface area (Å²) in [5, 5.41) is 5.95. The molecule has 11 aromatic rings. The maximum absolute atomic E-state index is 2.51. The van der Waals surface area contributed by atoms with E-state index in [9.17, 15) is 0 Å². The van der Waals surface area contributed by atoms with Gasteiger partial charge in [-0.15, -0.1) is 11.3 Å². The summed E-state index contributed by atoms with van der Waals surface area (Å²) < 4.78 is 6.30. The van der Waals surface area contributed by atoms with Crippen LogP contribution in [-0.4, -0.2) is 9.13 Å². The lowest BCUT2D eigenvalue weighted by Gasteiger charge is -2.29. The van der Waals surface area contributed by atoms with Gasteiger partial charge in [-0.2, -0.15) is 0 Å². The molecular weight excluding hydrogens is 797 g/mol. The normalized spacial score (nSPS) is 11.6. The zero-order valence-corrected chi connectivity index (χ0v) is 37.8. The molecule has 312 valence electrons. The van der Waals surface area contributed by atoms with E-state index in [1.165, 1.54) is 82.1 Å². The number of hydrogen-bond donors (Lipinski definition) is 0. The summed E-state index contributed by atoms with van der Waals surface area (Å²) in [6, 6.07) is 67.3. The second kappa shape index (κ2) is 16.1. The minimum Gasteiger partial charge on any atom is -0.310 e. The second-order valence-corrected chi connectivity index (χ2v) is 17.9. The first-order chi connectivity index (χ1) is 31.4. The highest BCUT2D eigenvalue weighted by atomic mass is 32.1. The summed E-state index contributed by atoms with van der Waals surface area (Å²) in [5.41, 5.74) is 20.6. The van der Waals surface area contributed by atoms with E-state index in [2.05, 4.69) is 241 Å². The van der Waals surface area contributed by atoms with Gasteiger partial charge in [-0.05, 0) is 170 Å². The number of aromatic nitrogens is 2. The van der Waals surface area contributed by atoms with Crippen molar-refractivity contribution >= 4 is 88.4 Å². The molecule has 0 unspecified atom stereocenters. The molecule has 0 fully saturated rings. The summed E-state index contributed by atoms with van der Waals surface area (Å²) in [4.78, 5) is 4.85. The number of para-hydroxylation sites is 4. The Kier molecular flexibility index (Phi) is 9.93. The van der Waals surface area contributed by atoms with Crippen LogP contribution in [0.25, 0.3) is 54.3 Å². The third-order valence-electron chi connectivity index (χ3n) is 13.0. The molecule has 0 atom stereocenters. The molecule has 0 aliphatic carbocycles. The van der Waals surface area contributed by atoms with Crippen LogP contribution in [0.5, 0.6) is 0 Å². The SMILES string of the molecule is CCc1cccc(C)c1N(c1ccccc1)c1ccc(-n2c3ccc(C)cc3c3c2c2cc4sccc4cc2n3-c2ccc(N(c3ccccc3)c3c(C)cccc3CC)cc2)cc1. The lowest BCUT2D eigenvalue weighted by Crippen LogP contribution is -2.13. The largest absolute Gasteiger partial charge is 0.310 e. The quantitative estimate of drug-likeness (QED) is 0.136. The number of anilines is 6. The molecule has 3 aromatic heterocycles. The second-order valence-electron chi connectivity index (χ2n) is 17.0. The Morgan fingerprint density at radius 2 is 0.922 bits per heavy atom. The standard InChI is InChI=1S/C59H50N4S/c1-6-42-18-14-16-40(4)56(42)60(45-20-10-8-11-21-45)47-25-29-49(30-26-47)62-53-33-24-39(3)36-51(53)58-59(62)52-38-55-44(34-35-64-55)37-54(52)63(58)50-31-27-48(28-32-50)61(46-22-12-9-13-23-46)57-41(5)17-15-19-43(57)7-2/h8-38H,6-7H2,1-5H3. The van der Waals surface area contributed by atoms with Crippen molar-refractivity contribution in [1.29, 1.82) is 0 Å². The smallest absolute Gasteiger partial charge is 0.0804 e. The van der Waals surface area contributed by atoms with Crippen LogP contribution in [-0.2, 0) is 12.8 Å². The van der Waals surface area contributed by atoms with E-state index in [0.29, 0.717) is 0 Å². The number of fused-ring (bicyclic) bond motifs is 6. The molecular formula is C59H50N4S. The van der Waals surface area contributed by atoms with Crippen molar-refractivity contribution < 1.29 is 0 Å². The van der Waals surface area contributed by atoms with Crippen molar-refractivity contribution in [2.45, 2.75) is 47.5 Å². The Labute approximate surface area is 379 Å². The number of thiophene rings is 1. The van der Waals surface area contributed by atoms with Crippen LogP contribution in [0.1, 0.15) is 41.7 Å². The van der Waals surface area contributed by atoms with Crippen LogP contribution in [0, 0.1) is 20.8 Å². The van der Waals surface area contributed by atoms with Gasteiger partial charge in [0.1, 0.15) is 0 Å². The maximum Gasteiger partial charge on any atom is 0.0804 e. The summed E-state index contributed by atoms with van der Waals surface area (Å²) in [5.74, 6) is 0. The Morgan fingerprint density at radius 1 is 0.438 bits per heavy atom. The van der Waals surface area contributed by atoms with Crippen molar-refractivity contribution in [1.82, 2.24) is 9.13 Å². The topological polar surface area (TPSA) is 16.3 Å². The van der Waals surface area contributed by atoms with E-state index in [1.54, 1.807) is 0 Å². The van der Waals surface area contributed by atoms with Crippen molar-refractivity contribution in [3.63, 3.8) is 0 Å². The zero-order chi connectivity index (χ0) is 43.5. The van der Waals surface area contributed by atoms with Crippen LogP contribution >= 0.6 is 11.3 Å². The molecule has 0 saturated heterocycles. The fraction of sp³-hybridized carbons (Fsp3) is 0.119. The number of rotatable bonds is 10. The van der Waals surface area contributed by atoms with Crippen molar-refractivity contribution in [2.75, 3.05) is 9.80 Å². The third-order valence-corrected chi connectivity index (χ3v) is 13.9. The maximum atomic E-state index is 2.51. The highest BCUT2D eigenvalue weighted by Crippen LogP contribution is 2.46. The fourth-order valence-electron chi connectivity index (χ4n) is 10.0. The van der Waals surface area contributed by atoms with E-state index in [0.717, 1.165) is 47.0 Å². The molecule has 4 nitrogen and oxygen atoms in total. The first-order valence-electron chi connectivity index (χ1n) is 22.5. The van der Waals surface area contributed by atoms with Crippen molar-refractivity contribution in [3.05, 3.63) is 215 Å². The summed E-state index contributed by atoms with van der Waals surface area (Å²) in [6.45, 7) is 11.2. The molecule has 0 aliphatic rings. The number of benzene rings is 8. The van der Waals surface area contributed by atoms with Crippen LogP contribution in [0.15, 0.2) is 187 Å². The lowest BCUT2D eigenvalue weighted by molar-refractivity contribution is 1.10. The van der Waals surface area contributed by atoms with Crippen LogP contribution in [0.3, 0.4) is 0 Å². The summed E-state index contributed by atoms with van der Waals surface area (Å²) in [7, 11) is 0. The molecule has 0 saturated carbocycles. The summed E-state index contributed by atoms with van der Waals surface area (Å²) in [6.07, 6.45) is 1.90. The molecule has 11 rings (SSSR count). The van der Waals surface area contributed by atoms with Gasteiger partial charge in [0.15, 0.2) is 0 Å². The van der Waals surface area contributed by atoms with Gasteiger partial charge in [-0.3, -0.25) is 0 Å². The molecule has 3 heterocycles. The molecule has 0 spiro atoms. The number of aryl methyl sites for hydroxylation is 5. The van der Waals surface area contributed by atoms with Gasteiger partial charge in [0, 0.05) is 49.6 Å². The average Bonchev–Trinajstić information content (AvgIpc) is 4.02. The van der Waals surface area contributed by atoms with E-state index in [1.807, 2.05) is 11.3 Å². The predicted molar refractivity (Wildman–Crippen MR) is 275 cm³/mol. The van der Waals surface area contributed by atoms with Gasteiger partial charge in [-0.25, -0.2) is 0 Å². The van der Waals surface area contributed by atoms with Crippen LogP contribution in [0.2, 0.25) is 0 Å². The first kappa shape index (κ1) is 39.5. The highest BCUT2D eigenvalue weighted by molar-refractivity contribution is 7.17. The Balaban J connectivity index is 1.12. The molecule has 64 heavy (non-hydrogen) atoms. The van der Waals surface area contributed by atoms with E-state index in [-0.39, 0.29) is 0 Å². The molecule has 8 aromatic carbocycles. The third kappa shape index (κ3) is 6.50. The Morgan fingerprint density at radius 3 is 1.44 bits per heavy atom. The Hall–Kier alpha value is -7.34. The van der Waals surface area contributed by atoms with E-state index >= 15 is 0 Å². The van der Waals surface area contributed by atoms with Gasteiger partial charge in [-0.1, -0.05) is 98.3 Å². The van der Waals surface area contributed by atoms with Gasteiger partial charge in [0.05, 0.1) is 33.4 Å². The number of hydrogen-bond acceptors (Lipinski definition) is 3. The highest BCUT2D eigenvalue weighted by Gasteiger charge is 2.25. The average molecular weight is 847 g/mol. The van der Waals surface area contributed by atoms with Gasteiger partial charge >= 0.3 is 0 Å². The fourth-order valence-corrected chi connectivity index (χ4v) is 10.8. The van der Waals surface area contributed by atoms with Gasteiger partial charge in [0.2, 0.25) is 0 Å². The first-order valence-corrected chi connectivity index (χ1v) is 23.3. The molecule has 5 heteroatoms. The zero-order valence-electron chi connectivity index (χ0n) is 37.0. The van der Waals surface area contributed by atoms with Gasteiger partial charge in [0.25, 0.3) is 0 Å². The molecule has 0 aliphatic heterocycles. The predicted octanol–water partition coefficient (Wildman–Crippen LogP) is 16.9. The minimum absolute atomic E-state index is 0.951. The molecule has 0 amide bonds. The van der Waals surface area contributed by atoms with E-state index in [4.69, 9.17) is 0 Å². The number of nitrogens with zero attached hydrogens (tertiary/aromatic N) is 4. The molecule has 0 N–H and O–H groups in total. The van der Waals surface area contributed by atoms with Crippen molar-refractivity contribution in [3.8, 4) is 11.4 Å². The van der Waals surface area contributed by atoms with E-state index < -0.39 is 0 Å². The lowest BCUT2D eigenvalue weighted by atomic mass is 10.0. The molecule has 0 bridgehead atoms. The van der Waals surface area contributed by atoms with Crippen molar-refractivity contribution in [2.24, 2.45) is 0 Å².